The molecule has 0 bridgehead atoms. The van der Waals surface area contributed by atoms with Crippen LogP contribution in [0.2, 0.25) is 5.02 Å². The van der Waals surface area contributed by atoms with Crippen LogP contribution >= 0.6 is 27.5 Å². The Bertz CT molecular complexity index is 659. The summed E-state index contributed by atoms with van der Waals surface area (Å²) in [6.07, 6.45) is -0.261. The summed E-state index contributed by atoms with van der Waals surface area (Å²) in [5.74, 6) is -0.774. The lowest BCUT2D eigenvalue weighted by Gasteiger charge is -2.07. The van der Waals surface area contributed by atoms with Crippen molar-refractivity contribution in [3.05, 3.63) is 58.0 Å². The van der Waals surface area contributed by atoms with Crippen LogP contribution in [-0.4, -0.2) is 11.8 Å². The molecule has 2 rings (SSSR count). The maximum absolute atomic E-state index is 11.8. The molecule has 0 saturated carbocycles. The summed E-state index contributed by atoms with van der Waals surface area (Å²) in [6, 6.07) is 13.9. The lowest BCUT2D eigenvalue weighted by atomic mass is 10.3. The van der Waals surface area contributed by atoms with E-state index in [1.807, 2.05) is 12.1 Å². The van der Waals surface area contributed by atoms with E-state index in [4.69, 9.17) is 11.6 Å². The van der Waals surface area contributed by atoms with Gasteiger partial charge in [-0.3, -0.25) is 9.59 Å². The molecule has 0 aromatic heterocycles. The van der Waals surface area contributed by atoms with Crippen molar-refractivity contribution in [1.29, 1.82) is 0 Å². The summed E-state index contributed by atoms with van der Waals surface area (Å²) in [4.78, 5) is 23.5. The van der Waals surface area contributed by atoms with Gasteiger partial charge >= 0.3 is 0 Å². The van der Waals surface area contributed by atoms with Crippen molar-refractivity contribution >= 4 is 50.7 Å². The third-order valence-electron chi connectivity index (χ3n) is 2.56. The van der Waals surface area contributed by atoms with Gasteiger partial charge in [0.05, 0.1) is 0 Å². The Balaban J connectivity index is 1.87. The number of anilines is 2. The van der Waals surface area contributed by atoms with Gasteiger partial charge in [0.1, 0.15) is 6.42 Å². The zero-order valence-electron chi connectivity index (χ0n) is 10.9. The number of benzene rings is 2. The molecular weight excluding hydrogens is 356 g/mol. The molecule has 4 nitrogen and oxygen atoms in total. The highest BCUT2D eigenvalue weighted by Crippen LogP contribution is 2.16. The first-order chi connectivity index (χ1) is 10.0. The van der Waals surface area contributed by atoms with Gasteiger partial charge in [-0.15, -0.1) is 0 Å². The van der Waals surface area contributed by atoms with E-state index in [1.165, 1.54) is 0 Å². The first-order valence-electron chi connectivity index (χ1n) is 6.14. The molecule has 2 aromatic rings. The Morgan fingerprint density at radius 3 is 2.19 bits per heavy atom. The highest BCUT2D eigenvalue weighted by molar-refractivity contribution is 9.10. The van der Waals surface area contributed by atoms with Crippen LogP contribution in [0.15, 0.2) is 53.0 Å². The minimum atomic E-state index is -0.396. The molecule has 0 fully saturated rings. The second-order valence-corrected chi connectivity index (χ2v) is 5.64. The van der Waals surface area contributed by atoms with E-state index in [9.17, 15) is 9.59 Å². The minimum Gasteiger partial charge on any atom is -0.326 e. The topological polar surface area (TPSA) is 58.2 Å². The second kappa shape index (κ2) is 7.24. The molecule has 0 aliphatic heterocycles. The number of carbonyl (C=O) groups excluding carboxylic acids is 2. The zero-order chi connectivity index (χ0) is 15.2. The third kappa shape index (κ3) is 5.21. The van der Waals surface area contributed by atoms with Crippen molar-refractivity contribution in [1.82, 2.24) is 0 Å². The van der Waals surface area contributed by atoms with Crippen molar-refractivity contribution in [3.8, 4) is 0 Å². The van der Waals surface area contributed by atoms with E-state index in [0.29, 0.717) is 16.4 Å². The van der Waals surface area contributed by atoms with E-state index in [1.54, 1.807) is 36.4 Å². The summed E-state index contributed by atoms with van der Waals surface area (Å²) in [7, 11) is 0. The van der Waals surface area contributed by atoms with Crippen molar-refractivity contribution in [2.75, 3.05) is 10.6 Å². The van der Waals surface area contributed by atoms with Gasteiger partial charge in [-0.2, -0.15) is 0 Å². The van der Waals surface area contributed by atoms with Crippen LogP contribution < -0.4 is 10.6 Å². The van der Waals surface area contributed by atoms with Gasteiger partial charge < -0.3 is 10.6 Å². The predicted molar refractivity (Wildman–Crippen MR) is 87.5 cm³/mol. The lowest BCUT2D eigenvalue weighted by Crippen LogP contribution is -2.21. The Morgan fingerprint density at radius 1 is 0.952 bits per heavy atom. The van der Waals surface area contributed by atoms with Gasteiger partial charge in [-0.05, 0) is 42.5 Å². The van der Waals surface area contributed by atoms with Gasteiger partial charge in [-0.1, -0.05) is 33.6 Å². The van der Waals surface area contributed by atoms with E-state index in [2.05, 4.69) is 26.6 Å². The Labute approximate surface area is 135 Å². The molecule has 0 aliphatic carbocycles. The number of hydrogen-bond acceptors (Lipinski definition) is 2. The van der Waals surface area contributed by atoms with Crippen LogP contribution in [0, 0.1) is 0 Å². The molecule has 0 spiro atoms. The van der Waals surface area contributed by atoms with Crippen molar-refractivity contribution in [2.24, 2.45) is 0 Å². The first-order valence-corrected chi connectivity index (χ1v) is 7.31. The standard InChI is InChI=1S/C15H12BrClN2O2/c16-10-4-6-12(7-5-10)18-14(20)9-15(21)19-13-3-1-2-11(17)8-13/h1-8H,9H2,(H,18,20)(H,19,21). The monoisotopic (exact) mass is 366 g/mol. The number of amides is 2. The molecular formula is C15H12BrClN2O2. The molecule has 21 heavy (non-hydrogen) atoms. The van der Waals surface area contributed by atoms with Crippen LogP contribution in [0.5, 0.6) is 0 Å². The molecule has 2 N–H and O–H groups in total. The first kappa shape index (κ1) is 15.5. The van der Waals surface area contributed by atoms with Gasteiger partial charge in [0.25, 0.3) is 0 Å². The van der Waals surface area contributed by atoms with Crippen molar-refractivity contribution in [3.63, 3.8) is 0 Å². The molecule has 0 unspecified atom stereocenters. The quantitative estimate of drug-likeness (QED) is 0.800. The summed E-state index contributed by atoms with van der Waals surface area (Å²) in [5.41, 5.74) is 1.20. The van der Waals surface area contributed by atoms with Crippen LogP contribution in [-0.2, 0) is 9.59 Å². The average molecular weight is 368 g/mol. The maximum Gasteiger partial charge on any atom is 0.233 e. The fourth-order valence-electron chi connectivity index (χ4n) is 1.66. The maximum atomic E-state index is 11.8. The fourth-order valence-corrected chi connectivity index (χ4v) is 2.11. The van der Waals surface area contributed by atoms with Crippen molar-refractivity contribution < 1.29 is 9.59 Å². The molecule has 0 heterocycles. The van der Waals surface area contributed by atoms with Gasteiger partial charge in [-0.25, -0.2) is 0 Å². The fraction of sp³-hybridized carbons (Fsp3) is 0.0667. The van der Waals surface area contributed by atoms with Crippen molar-refractivity contribution in [2.45, 2.75) is 6.42 Å². The Kier molecular flexibility index (Phi) is 5.36. The normalized spacial score (nSPS) is 10.0. The Hall–Kier alpha value is -1.85. The number of nitrogens with one attached hydrogen (secondary N) is 2. The number of hydrogen-bond donors (Lipinski definition) is 2. The predicted octanol–water partition coefficient (Wildman–Crippen LogP) is 4.07. The summed E-state index contributed by atoms with van der Waals surface area (Å²) >= 11 is 9.13. The minimum absolute atomic E-state index is 0.261. The molecule has 0 atom stereocenters. The summed E-state index contributed by atoms with van der Waals surface area (Å²) < 4.78 is 0.916. The molecule has 0 radical (unpaired) electrons. The molecule has 2 amide bonds. The second-order valence-electron chi connectivity index (χ2n) is 4.29. The van der Waals surface area contributed by atoms with E-state index < -0.39 is 5.91 Å². The molecule has 108 valence electrons. The average Bonchev–Trinajstić information content (AvgIpc) is 2.41. The summed E-state index contributed by atoms with van der Waals surface area (Å²) in [5, 5.41) is 5.79. The number of halogens is 2. The molecule has 6 heteroatoms. The zero-order valence-corrected chi connectivity index (χ0v) is 13.2. The Morgan fingerprint density at radius 2 is 1.57 bits per heavy atom. The van der Waals surface area contributed by atoms with Crippen LogP contribution in [0.4, 0.5) is 11.4 Å². The van der Waals surface area contributed by atoms with E-state index >= 15 is 0 Å². The van der Waals surface area contributed by atoms with E-state index in [0.717, 1.165) is 4.47 Å². The highest BCUT2D eigenvalue weighted by Gasteiger charge is 2.10. The van der Waals surface area contributed by atoms with Crippen LogP contribution in [0.1, 0.15) is 6.42 Å². The lowest BCUT2D eigenvalue weighted by molar-refractivity contribution is -0.123. The van der Waals surface area contributed by atoms with Gasteiger partial charge in [0.2, 0.25) is 11.8 Å². The highest BCUT2D eigenvalue weighted by atomic mass is 79.9. The molecule has 0 aliphatic rings. The molecule has 0 saturated heterocycles. The summed E-state index contributed by atoms with van der Waals surface area (Å²) in [6.45, 7) is 0. The van der Waals surface area contributed by atoms with Gasteiger partial charge in [0, 0.05) is 20.9 Å². The smallest absolute Gasteiger partial charge is 0.233 e. The van der Waals surface area contributed by atoms with Crippen LogP contribution in [0.25, 0.3) is 0 Å². The number of rotatable bonds is 4. The third-order valence-corrected chi connectivity index (χ3v) is 3.32. The largest absolute Gasteiger partial charge is 0.326 e. The van der Waals surface area contributed by atoms with Crippen LogP contribution in [0.3, 0.4) is 0 Å². The SMILES string of the molecule is O=C(CC(=O)Nc1cccc(Cl)c1)Nc1ccc(Br)cc1. The van der Waals surface area contributed by atoms with Gasteiger partial charge in [0.15, 0.2) is 0 Å². The van der Waals surface area contributed by atoms with E-state index in [-0.39, 0.29) is 12.3 Å². The molecule has 2 aromatic carbocycles. The number of carbonyl (C=O) groups is 2.